The number of para-hydroxylation sites is 1. The Morgan fingerprint density at radius 2 is 1.58 bits per heavy atom. The van der Waals surface area contributed by atoms with Crippen LogP contribution in [0.3, 0.4) is 0 Å². The van der Waals surface area contributed by atoms with Crippen LogP contribution in [0.4, 0.5) is 10.8 Å². The van der Waals surface area contributed by atoms with E-state index >= 15 is 0 Å². The Morgan fingerprint density at radius 1 is 0.909 bits per heavy atom. The van der Waals surface area contributed by atoms with Crippen molar-refractivity contribution < 1.29 is 19.1 Å². The first-order chi connectivity index (χ1) is 16.1. The molecule has 0 atom stereocenters. The average molecular weight is 455 g/mol. The number of benzene rings is 3. The number of fused-ring (bicyclic) bond motifs is 1. The number of nitrogens with one attached hydrogen (secondary N) is 1. The van der Waals surface area contributed by atoms with Gasteiger partial charge in [-0.05, 0) is 42.5 Å². The molecule has 1 aromatic heterocycles. The Kier molecular flexibility index (Phi) is 5.20. The number of methoxy groups -OCH3 is 1. The summed E-state index contributed by atoms with van der Waals surface area (Å²) >= 11 is 1.29. The molecule has 3 amide bonds. The minimum atomic E-state index is -0.408. The summed E-state index contributed by atoms with van der Waals surface area (Å²) < 4.78 is 5.38. The Morgan fingerprint density at radius 3 is 2.27 bits per heavy atom. The van der Waals surface area contributed by atoms with Crippen LogP contribution < -0.4 is 15.0 Å². The van der Waals surface area contributed by atoms with Crippen molar-refractivity contribution in [3.05, 3.63) is 94.9 Å². The molecular weight excluding hydrogens is 438 g/mol. The van der Waals surface area contributed by atoms with Gasteiger partial charge in [-0.3, -0.25) is 19.7 Å². The van der Waals surface area contributed by atoms with Crippen molar-refractivity contribution in [2.75, 3.05) is 17.3 Å². The molecule has 1 N–H and O–H groups in total. The van der Waals surface area contributed by atoms with E-state index in [2.05, 4.69) is 10.3 Å². The number of anilines is 2. The van der Waals surface area contributed by atoms with Crippen molar-refractivity contribution in [3.63, 3.8) is 0 Å². The number of nitrogens with zero attached hydrogens (tertiary/aromatic N) is 2. The summed E-state index contributed by atoms with van der Waals surface area (Å²) in [6, 6.07) is 20.6. The smallest absolute Gasteiger partial charge is 0.266 e. The van der Waals surface area contributed by atoms with Gasteiger partial charge < -0.3 is 4.74 Å². The van der Waals surface area contributed by atoms with Gasteiger partial charge in [0.25, 0.3) is 17.7 Å². The molecule has 2 heterocycles. The van der Waals surface area contributed by atoms with Crippen molar-refractivity contribution in [3.8, 4) is 17.0 Å². The number of carbonyl (C=O) groups excluding carboxylic acids is 3. The normalized spacial score (nSPS) is 12.6. The summed E-state index contributed by atoms with van der Waals surface area (Å²) in [5, 5.41) is 5.04. The van der Waals surface area contributed by atoms with Crippen molar-refractivity contribution in [2.45, 2.75) is 0 Å². The molecule has 1 aliphatic rings. The fraction of sp³-hybridized carbons (Fsp3) is 0.0400. The van der Waals surface area contributed by atoms with Gasteiger partial charge in [0.1, 0.15) is 5.75 Å². The molecule has 0 fully saturated rings. The van der Waals surface area contributed by atoms with Crippen molar-refractivity contribution in [1.29, 1.82) is 0 Å². The van der Waals surface area contributed by atoms with Crippen LogP contribution in [-0.4, -0.2) is 29.8 Å². The average Bonchev–Trinajstić information content (AvgIpc) is 3.41. The van der Waals surface area contributed by atoms with Crippen molar-refractivity contribution >= 4 is 39.9 Å². The number of hydrogen-bond acceptors (Lipinski definition) is 6. The Hall–Kier alpha value is -4.30. The van der Waals surface area contributed by atoms with E-state index in [9.17, 15) is 14.4 Å². The first-order valence-electron chi connectivity index (χ1n) is 10.0. The molecule has 0 bridgehead atoms. The van der Waals surface area contributed by atoms with E-state index in [1.165, 1.54) is 17.4 Å². The second kappa shape index (κ2) is 8.33. The Labute approximate surface area is 193 Å². The van der Waals surface area contributed by atoms with Crippen LogP contribution in [0.1, 0.15) is 31.1 Å². The fourth-order valence-electron chi connectivity index (χ4n) is 3.69. The number of ether oxygens (including phenoxy) is 1. The minimum absolute atomic E-state index is 0.304. The minimum Gasteiger partial charge on any atom is -0.496 e. The zero-order valence-corrected chi connectivity index (χ0v) is 18.3. The van der Waals surface area contributed by atoms with E-state index in [0.717, 1.165) is 10.5 Å². The zero-order valence-electron chi connectivity index (χ0n) is 17.4. The van der Waals surface area contributed by atoms with Crippen molar-refractivity contribution in [2.24, 2.45) is 0 Å². The third kappa shape index (κ3) is 3.66. The third-order valence-corrected chi connectivity index (χ3v) is 6.03. The van der Waals surface area contributed by atoms with Gasteiger partial charge in [-0.1, -0.05) is 30.3 Å². The molecule has 33 heavy (non-hydrogen) atoms. The van der Waals surface area contributed by atoms with Crippen LogP contribution in [0, 0.1) is 0 Å². The maximum Gasteiger partial charge on any atom is 0.266 e. The lowest BCUT2D eigenvalue weighted by Crippen LogP contribution is -2.29. The highest BCUT2D eigenvalue weighted by atomic mass is 32.1. The first-order valence-corrected chi connectivity index (χ1v) is 10.9. The molecule has 0 radical (unpaired) electrons. The summed E-state index contributed by atoms with van der Waals surface area (Å²) in [5.74, 6) is -0.521. The largest absolute Gasteiger partial charge is 0.496 e. The first kappa shape index (κ1) is 20.6. The Balaban J connectivity index is 1.37. The number of amides is 3. The molecule has 162 valence electrons. The Bertz CT molecular complexity index is 1380. The number of carbonyl (C=O) groups is 3. The summed E-state index contributed by atoms with van der Waals surface area (Å²) in [4.78, 5) is 44.0. The predicted octanol–water partition coefficient (Wildman–Crippen LogP) is 4.87. The number of aromatic nitrogens is 1. The molecule has 1 aliphatic heterocycles. The fourth-order valence-corrected chi connectivity index (χ4v) is 4.40. The van der Waals surface area contributed by atoms with Crippen LogP contribution in [0.2, 0.25) is 0 Å². The quantitative estimate of drug-likeness (QED) is 0.434. The predicted molar refractivity (Wildman–Crippen MR) is 126 cm³/mol. The number of thiazole rings is 1. The lowest BCUT2D eigenvalue weighted by Gasteiger charge is -2.14. The molecule has 8 heteroatoms. The van der Waals surface area contributed by atoms with E-state index in [-0.39, 0.29) is 0 Å². The molecule has 4 aromatic rings. The summed E-state index contributed by atoms with van der Waals surface area (Å²) in [6.07, 6.45) is 0. The molecule has 5 rings (SSSR count). The lowest BCUT2D eigenvalue weighted by atomic mass is 10.1. The van der Waals surface area contributed by atoms with E-state index in [1.807, 2.05) is 29.6 Å². The van der Waals surface area contributed by atoms with Gasteiger partial charge in [0.05, 0.1) is 29.6 Å². The highest BCUT2D eigenvalue weighted by Crippen LogP contribution is 2.32. The topological polar surface area (TPSA) is 88.6 Å². The standard InChI is InChI=1S/C25H17N3O4S/c1-32-21-12-5-4-11-19(21)20-14-33-25(26-20)27-22(29)15-7-6-8-16(13-15)28-23(30)17-9-2-3-10-18(17)24(28)31/h2-14H,1H3,(H,26,27,29). The van der Waals surface area contributed by atoms with Crippen LogP contribution in [0.5, 0.6) is 5.75 Å². The van der Waals surface area contributed by atoms with Gasteiger partial charge in [-0.15, -0.1) is 11.3 Å². The van der Waals surface area contributed by atoms with Crippen molar-refractivity contribution in [1.82, 2.24) is 4.98 Å². The number of rotatable bonds is 5. The number of imide groups is 1. The maximum absolute atomic E-state index is 12.9. The van der Waals surface area contributed by atoms with Crippen LogP contribution in [-0.2, 0) is 0 Å². The van der Waals surface area contributed by atoms with Crippen LogP contribution >= 0.6 is 11.3 Å². The van der Waals surface area contributed by atoms with E-state index in [4.69, 9.17) is 4.74 Å². The second-order valence-corrected chi connectivity index (χ2v) is 8.09. The lowest BCUT2D eigenvalue weighted by molar-refractivity contribution is 0.0924. The summed E-state index contributed by atoms with van der Waals surface area (Å²) in [5.41, 5.74) is 2.85. The molecule has 0 saturated carbocycles. The monoisotopic (exact) mass is 455 g/mol. The van der Waals surface area contributed by atoms with Crippen LogP contribution in [0.15, 0.2) is 78.2 Å². The summed E-state index contributed by atoms with van der Waals surface area (Å²) in [7, 11) is 1.59. The van der Waals surface area contributed by atoms with E-state index in [0.29, 0.717) is 39.0 Å². The zero-order chi connectivity index (χ0) is 22.9. The maximum atomic E-state index is 12.9. The SMILES string of the molecule is COc1ccccc1-c1csc(NC(=O)c2cccc(N3C(=O)c4ccccc4C3=O)c2)n1. The third-order valence-electron chi connectivity index (χ3n) is 5.27. The van der Waals surface area contributed by atoms with Gasteiger partial charge in [0, 0.05) is 16.5 Å². The molecule has 0 aliphatic carbocycles. The highest BCUT2D eigenvalue weighted by molar-refractivity contribution is 7.14. The second-order valence-electron chi connectivity index (χ2n) is 7.23. The van der Waals surface area contributed by atoms with Crippen LogP contribution in [0.25, 0.3) is 11.3 Å². The van der Waals surface area contributed by atoms with Gasteiger partial charge in [-0.2, -0.15) is 0 Å². The van der Waals surface area contributed by atoms with E-state index < -0.39 is 17.7 Å². The molecule has 0 unspecified atom stereocenters. The number of hydrogen-bond donors (Lipinski definition) is 1. The van der Waals surface area contributed by atoms with Gasteiger partial charge in [0.15, 0.2) is 5.13 Å². The molecule has 0 saturated heterocycles. The molecule has 7 nitrogen and oxygen atoms in total. The van der Waals surface area contributed by atoms with Gasteiger partial charge in [0.2, 0.25) is 0 Å². The highest BCUT2D eigenvalue weighted by Gasteiger charge is 2.36. The summed E-state index contributed by atoms with van der Waals surface area (Å²) in [6.45, 7) is 0. The molecule has 3 aromatic carbocycles. The molecule has 0 spiro atoms. The molecular formula is C25H17N3O4S. The van der Waals surface area contributed by atoms with Gasteiger partial charge in [-0.25, -0.2) is 9.88 Å². The van der Waals surface area contributed by atoms with E-state index in [1.54, 1.807) is 49.6 Å². The van der Waals surface area contributed by atoms with Gasteiger partial charge >= 0.3 is 0 Å².